The number of hydrogen-bond donors (Lipinski definition) is 5. The fraction of sp³-hybridized carbons (Fsp3) is 0.136. The lowest BCUT2D eigenvalue weighted by Crippen LogP contribution is -2.33. The summed E-state index contributed by atoms with van der Waals surface area (Å²) < 4.78 is 25.0. The zero-order valence-electron chi connectivity index (χ0n) is 18.5. The predicted octanol–water partition coefficient (Wildman–Crippen LogP) is 1.00. The normalized spacial score (nSPS) is 12.1. The van der Waals surface area contributed by atoms with Crippen LogP contribution in [0.1, 0.15) is 22.5 Å². The highest BCUT2D eigenvalue weighted by Crippen LogP contribution is 2.31. The second kappa shape index (κ2) is 10.3. The van der Waals surface area contributed by atoms with E-state index in [-0.39, 0.29) is 17.9 Å². The van der Waals surface area contributed by atoms with E-state index >= 15 is 0 Å². The molecule has 0 aliphatic carbocycles. The first kappa shape index (κ1) is 24.5. The molecular formula is C22H24N8O3S2. The number of rotatable bonds is 8. The molecule has 0 saturated heterocycles. The Balaban J connectivity index is 1.90. The van der Waals surface area contributed by atoms with Crippen molar-refractivity contribution < 1.29 is 13.5 Å². The number of nitrogens with one attached hydrogen (secondary N) is 1. The molecule has 0 amide bonds. The number of hydrazine groups is 1. The zero-order chi connectivity index (χ0) is 25.0. The molecule has 2 aromatic heterocycles. The Hall–Kier alpha value is -3.62. The first-order valence-corrected chi connectivity index (χ1v) is 12.8. The molecule has 11 nitrogen and oxygen atoms in total. The van der Waals surface area contributed by atoms with E-state index in [9.17, 15) is 13.5 Å². The average Bonchev–Trinajstić information content (AvgIpc) is 3.47. The number of aromatic nitrogens is 3. The smallest absolute Gasteiger partial charge is 0.238 e. The van der Waals surface area contributed by atoms with Gasteiger partial charge < -0.3 is 16.4 Å². The quantitative estimate of drug-likeness (QED) is 0.100. The number of hydrazone groups is 1. The Bertz CT molecular complexity index is 1450. The van der Waals surface area contributed by atoms with E-state index in [1.807, 2.05) is 30.3 Å². The van der Waals surface area contributed by atoms with Crippen LogP contribution in [0, 0.1) is 0 Å². The van der Waals surface area contributed by atoms with E-state index in [4.69, 9.17) is 21.9 Å². The number of benzene rings is 2. The van der Waals surface area contributed by atoms with Crippen LogP contribution >= 0.6 is 11.3 Å². The van der Waals surface area contributed by atoms with E-state index in [2.05, 4.69) is 15.5 Å². The molecule has 0 spiro atoms. The van der Waals surface area contributed by atoms with Crippen molar-refractivity contribution in [3.8, 4) is 16.4 Å². The Labute approximate surface area is 205 Å². The van der Waals surface area contributed by atoms with Gasteiger partial charge in [-0.3, -0.25) is 0 Å². The SMILES string of the molecule is N/N=C(/Cc1c(Cc2ccc(S(N)(=O)=O)cc2)c(-c2ccccc2)nn1-c1nc(CO)cs1)NN. The number of aliphatic hydroxyl groups excluding tert-OH is 1. The third kappa shape index (κ3) is 5.39. The maximum Gasteiger partial charge on any atom is 0.238 e. The largest absolute Gasteiger partial charge is 0.390 e. The van der Waals surface area contributed by atoms with E-state index in [1.54, 1.807) is 22.2 Å². The number of hydrogen-bond acceptors (Lipinski definition) is 9. The summed E-state index contributed by atoms with van der Waals surface area (Å²) in [5.74, 6) is 11.5. The zero-order valence-corrected chi connectivity index (χ0v) is 20.1. The van der Waals surface area contributed by atoms with Crippen molar-refractivity contribution in [3.63, 3.8) is 0 Å². The molecule has 35 heavy (non-hydrogen) atoms. The standard InChI is InChI=1S/C22H24N8O3S2/c23-27-20(28-24)11-19-18(10-14-6-8-17(9-7-14)35(25,32)33)21(15-4-2-1-3-5-15)29-30(19)22-26-16(12-31)13-34-22/h1-9,13,31H,10-12,23-24H2,(H,27,28)(H2,25,32,33). The summed E-state index contributed by atoms with van der Waals surface area (Å²) in [7, 11) is -3.80. The molecule has 13 heteroatoms. The first-order chi connectivity index (χ1) is 16.8. The van der Waals surface area contributed by atoms with Gasteiger partial charge >= 0.3 is 0 Å². The molecule has 4 rings (SSSR count). The average molecular weight is 513 g/mol. The van der Waals surface area contributed by atoms with E-state index < -0.39 is 10.0 Å². The van der Waals surface area contributed by atoms with Gasteiger partial charge in [0.2, 0.25) is 15.2 Å². The molecule has 0 aliphatic rings. The fourth-order valence-corrected chi connectivity index (χ4v) is 4.90. The molecule has 2 heterocycles. The van der Waals surface area contributed by atoms with Gasteiger partial charge in [-0.15, -0.1) is 11.3 Å². The summed E-state index contributed by atoms with van der Waals surface area (Å²) in [4.78, 5) is 4.51. The Morgan fingerprint density at radius 3 is 2.43 bits per heavy atom. The van der Waals surface area contributed by atoms with Crippen LogP contribution in [0.5, 0.6) is 0 Å². The highest BCUT2D eigenvalue weighted by atomic mass is 32.2. The summed E-state index contributed by atoms with van der Waals surface area (Å²) in [5.41, 5.74) is 7.07. The summed E-state index contributed by atoms with van der Waals surface area (Å²) in [6.45, 7) is -0.193. The van der Waals surface area contributed by atoms with Crippen LogP contribution in [0.15, 0.2) is 70.0 Å². The van der Waals surface area contributed by atoms with Gasteiger partial charge in [0.25, 0.3) is 0 Å². The van der Waals surface area contributed by atoms with Crippen LogP contribution in [-0.4, -0.2) is 34.1 Å². The van der Waals surface area contributed by atoms with Crippen LogP contribution in [0.4, 0.5) is 0 Å². The molecule has 0 unspecified atom stereocenters. The van der Waals surface area contributed by atoms with Crippen LogP contribution in [0.25, 0.3) is 16.4 Å². The van der Waals surface area contributed by atoms with Gasteiger partial charge in [-0.1, -0.05) is 42.5 Å². The molecule has 0 atom stereocenters. The minimum absolute atomic E-state index is 0.0321. The van der Waals surface area contributed by atoms with Gasteiger partial charge in [-0.2, -0.15) is 10.2 Å². The molecule has 2 aromatic carbocycles. The molecule has 0 aliphatic heterocycles. The summed E-state index contributed by atoms with van der Waals surface area (Å²) in [6, 6.07) is 16.0. The number of primary sulfonamides is 1. The Kier molecular flexibility index (Phi) is 7.23. The third-order valence-corrected chi connectivity index (χ3v) is 7.10. The van der Waals surface area contributed by atoms with E-state index in [0.717, 1.165) is 22.4 Å². The molecule has 0 radical (unpaired) electrons. The fourth-order valence-electron chi connectivity index (χ4n) is 3.60. The van der Waals surface area contributed by atoms with Crippen LogP contribution in [-0.2, 0) is 29.5 Å². The number of nitrogens with zero attached hydrogens (tertiary/aromatic N) is 4. The number of sulfonamides is 1. The molecule has 8 N–H and O–H groups in total. The lowest BCUT2D eigenvalue weighted by atomic mass is 9.97. The van der Waals surface area contributed by atoms with Crippen molar-refractivity contribution in [2.75, 3.05) is 0 Å². The van der Waals surface area contributed by atoms with Crippen LogP contribution < -0.4 is 22.3 Å². The lowest BCUT2D eigenvalue weighted by molar-refractivity contribution is 0.277. The van der Waals surface area contributed by atoms with Gasteiger partial charge in [-0.25, -0.2) is 29.1 Å². The minimum Gasteiger partial charge on any atom is -0.390 e. The highest BCUT2D eigenvalue weighted by molar-refractivity contribution is 7.89. The monoisotopic (exact) mass is 512 g/mol. The first-order valence-electron chi connectivity index (χ1n) is 10.4. The molecule has 4 aromatic rings. The van der Waals surface area contributed by atoms with E-state index in [1.165, 1.54) is 23.5 Å². The highest BCUT2D eigenvalue weighted by Gasteiger charge is 2.23. The van der Waals surface area contributed by atoms with Crippen molar-refractivity contribution in [2.45, 2.75) is 24.3 Å². The van der Waals surface area contributed by atoms with Gasteiger partial charge in [0.1, 0.15) is 5.84 Å². The third-order valence-electron chi connectivity index (χ3n) is 5.31. The maximum absolute atomic E-state index is 11.7. The number of amidine groups is 1. The van der Waals surface area contributed by atoms with Crippen molar-refractivity contribution in [1.29, 1.82) is 0 Å². The number of aliphatic hydroxyl groups is 1. The second-order valence-electron chi connectivity index (χ2n) is 7.59. The van der Waals surface area contributed by atoms with Gasteiger partial charge in [0.05, 0.1) is 35.0 Å². The van der Waals surface area contributed by atoms with Crippen molar-refractivity contribution >= 4 is 27.2 Å². The maximum atomic E-state index is 11.7. The lowest BCUT2D eigenvalue weighted by Gasteiger charge is -2.10. The molecule has 0 bridgehead atoms. The molecule has 0 fully saturated rings. The van der Waals surface area contributed by atoms with Crippen LogP contribution in [0.3, 0.4) is 0 Å². The van der Waals surface area contributed by atoms with Crippen molar-refractivity contribution in [3.05, 3.63) is 82.5 Å². The Morgan fingerprint density at radius 2 is 1.86 bits per heavy atom. The number of thiazole rings is 1. The summed E-state index contributed by atoms with van der Waals surface area (Å²) in [6.07, 6.45) is 0.649. The number of nitrogens with two attached hydrogens (primary N) is 3. The van der Waals surface area contributed by atoms with E-state index in [0.29, 0.717) is 28.8 Å². The molecule has 0 saturated carbocycles. The van der Waals surface area contributed by atoms with Crippen LogP contribution in [0.2, 0.25) is 0 Å². The molecular weight excluding hydrogens is 488 g/mol. The van der Waals surface area contributed by atoms with Gasteiger partial charge in [0.15, 0.2) is 0 Å². The Morgan fingerprint density at radius 1 is 1.14 bits per heavy atom. The van der Waals surface area contributed by atoms with Crippen molar-refractivity contribution in [1.82, 2.24) is 20.2 Å². The minimum atomic E-state index is -3.80. The summed E-state index contributed by atoms with van der Waals surface area (Å²) >= 11 is 1.34. The predicted molar refractivity (Wildman–Crippen MR) is 134 cm³/mol. The second-order valence-corrected chi connectivity index (χ2v) is 9.99. The summed E-state index contributed by atoms with van der Waals surface area (Å²) in [5, 5.41) is 25.7. The van der Waals surface area contributed by atoms with Crippen molar-refractivity contribution in [2.24, 2.45) is 21.9 Å². The molecule has 182 valence electrons. The van der Waals surface area contributed by atoms with Gasteiger partial charge in [-0.05, 0) is 17.7 Å². The topological polar surface area (TPSA) is 188 Å². The van der Waals surface area contributed by atoms with Gasteiger partial charge in [0, 0.05) is 22.9 Å².